The Balaban J connectivity index is 1.59. The van der Waals surface area contributed by atoms with E-state index in [2.05, 4.69) is 4.57 Å². The SMILES string of the molecule is Cc1cc(C(N)=O)ccc1-n1c(CCC(=O)OC(C)c2ccccc2OC(=O)Cl)ccc1-c1ccc(N)cc1. The predicted octanol–water partition coefficient (Wildman–Crippen LogP) is 6.11. The van der Waals surface area contributed by atoms with E-state index in [0.29, 0.717) is 23.2 Å². The number of nitrogens with zero attached hydrogens (tertiary/aromatic N) is 1. The molecule has 1 amide bonds. The Morgan fingerprint density at radius 1 is 0.974 bits per heavy atom. The minimum absolute atomic E-state index is 0.103. The smallest absolute Gasteiger partial charge is 0.409 e. The number of carbonyl (C=O) groups is 3. The summed E-state index contributed by atoms with van der Waals surface area (Å²) in [4.78, 5) is 35.8. The number of benzene rings is 3. The van der Waals surface area contributed by atoms with Gasteiger partial charge in [0.1, 0.15) is 11.9 Å². The number of rotatable bonds is 9. The maximum Gasteiger partial charge on any atom is 0.409 e. The van der Waals surface area contributed by atoms with Crippen LogP contribution >= 0.6 is 11.6 Å². The van der Waals surface area contributed by atoms with E-state index in [1.165, 1.54) is 0 Å². The van der Waals surface area contributed by atoms with Crippen molar-refractivity contribution in [3.05, 3.63) is 101 Å². The van der Waals surface area contributed by atoms with E-state index in [-0.39, 0.29) is 12.2 Å². The molecule has 3 aromatic carbocycles. The fraction of sp³-hybridized carbons (Fsp3) is 0.167. The number of nitrogen functional groups attached to an aromatic ring is 1. The number of hydrogen-bond donors (Lipinski definition) is 2. The van der Waals surface area contributed by atoms with E-state index in [0.717, 1.165) is 28.2 Å². The van der Waals surface area contributed by atoms with Crippen LogP contribution in [0.4, 0.5) is 10.5 Å². The third-order valence-corrected chi connectivity index (χ3v) is 6.41. The zero-order valence-corrected chi connectivity index (χ0v) is 22.3. The van der Waals surface area contributed by atoms with Crippen LogP contribution in [-0.2, 0) is 16.0 Å². The molecule has 1 unspecified atom stereocenters. The number of hydrogen-bond acceptors (Lipinski definition) is 6. The molecule has 39 heavy (non-hydrogen) atoms. The molecule has 1 atom stereocenters. The van der Waals surface area contributed by atoms with Crippen molar-refractivity contribution >= 4 is 34.6 Å². The van der Waals surface area contributed by atoms with Crippen molar-refractivity contribution in [1.29, 1.82) is 0 Å². The predicted molar refractivity (Wildman–Crippen MR) is 150 cm³/mol. The number of halogens is 1. The highest BCUT2D eigenvalue weighted by Gasteiger charge is 2.20. The number of primary amides is 1. The lowest BCUT2D eigenvalue weighted by atomic mass is 10.1. The first-order valence-electron chi connectivity index (χ1n) is 12.3. The maximum absolute atomic E-state index is 12.9. The van der Waals surface area contributed by atoms with Crippen LogP contribution in [-0.4, -0.2) is 21.9 Å². The van der Waals surface area contributed by atoms with Crippen molar-refractivity contribution in [3.8, 4) is 22.7 Å². The summed E-state index contributed by atoms with van der Waals surface area (Å²) in [5.41, 5.74) is 16.4. The molecule has 8 nitrogen and oxygen atoms in total. The average molecular weight is 546 g/mol. The Labute approximate surface area is 231 Å². The van der Waals surface area contributed by atoms with Gasteiger partial charge in [-0.2, -0.15) is 0 Å². The van der Waals surface area contributed by atoms with E-state index in [1.54, 1.807) is 43.3 Å². The second-order valence-electron chi connectivity index (χ2n) is 9.04. The van der Waals surface area contributed by atoms with Crippen molar-refractivity contribution in [2.45, 2.75) is 32.8 Å². The summed E-state index contributed by atoms with van der Waals surface area (Å²) < 4.78 is 12.7. The Kier molecular flexibility index (Phi) is 8.36. The van der Waals surface area contributed by atoms with Crippen LogP contribution in [0.3, 0.4) is 0 Å². The second kappa shape index (κ2) is 11.9. The van der Waals surface area contributed by atoms with Crippen LogP contribution in [0, 0.1) is 6.92 Å². The lowest BCUT2D eigenvalue weighted by Crippen LogP contribution is -2.13. The number of esters is 1. The number of carbonyl (C=O) groups excluding carboxylic acids is 3. The molecule has 200 valence electrons. The van der Waals surface area contributed by atoms with Gasteiger partial charge in [0.2, 0.25) is 5.91 Å². The first-order valence-corrected chi connectivity index (χ1v) is 12.6. The summed E-state index contributed by atoms with van der Waals surface area (Å²) in [6.45, 7) is 3.60. The molecular weight excluding hydrogens is 518 g/mol. The molecule has 1 aromatic heterocycles. The van der Waals surface area contributed by atoms with Crippen LogP contribution in [0.5, 0.6) is 5.75 Å². The number of anilines is 1. The third-order valence-electron chi connectivity index (χ3n) is 6.33. The van der Waals surface area contributed by atoms with Gasteiger partial charge in [0.25, 0.3) is 0 Å². The van der Waals surface area contributed by atoms with Crippen LogP contribution < -0.4 is 16.2 Å². The fourth-order valence-corrected chi connectivity index (χ4v) is 4.53. The van der Waals surface area contributed by atoms with Crippen LogP contribution in [0.25, 0.3) is 16.9 Å². The number of nitrogens with two attached hydrogens (primary N) is 2. The first-order chi connectivity index (χ1) is 18.6. The minimum atomic E-state index is -0.974. The normalized spacial score (nSPS) is 11.6. The molecule has 4 N–H and O–H groups in total. The number of para-hydroxylation sites is 1. The van der Waals surface area contributed by atoms with Gasteiger partial charge in [-0.05, 0) is 79.9 Å². The molecule has 0 aliphatic carbocycles. The number of aryl methyl sites for hydroxylation is 2. The average Bonchev–Trinajstić information content (AvgIpc) is 3.31. The van der Waals surface area contributed by atoms with Crippen molar-refractivity contribution in [2.24, 2.45) is 5.73 Å². The summed E-state index contributed by atoms with van der Waals surface area (Å²) >= 11 is 5.37. The van der Waals surface area contributed by atoms with Gasteiger partial charge in [-0.1, -0.05) is 30.3 Å². The highest BCUT2D eigenvalue weighted by atomic mass is 35.5. The first kappa shape index (κ1) is 27.5. The van der Waals surface area contributed by atoms with Crippen molar-refractivity contribution in [1.82, 2.24) is 4.57 Å². The van der Waals surface area contributed by atoms with Gasteiger partial charge in [0, 0.05) is 39.8 Å². The van der Waals surface area contributed by atoms with Crippen molar-refractivity contribution in [2.75, 3.05) is 5.73 Å². The second-order valence-corrected chi connectivity index (χ2v) is 9.35. The van der Waals surface area contributed by atoms with E-state index in [1.807, 2.05) is 49.4 Å². The zero-order chi connectivity index (χ0) is 28.1. The summed E-state index contributed by atoms with van der Waals surface area (Å²) in [6.07, 6.45) is -0.174. The molecule has 0 aliphatic rings. The molecule has 4 rings (SSSR count). The molecule has 0 bridgehead atoms. The fourth-order valence-electron chi connectivity index (χ4n) is 4.44. The summed E-state index contributed by atoms with van der Waals surface area (Å²) in [5, 5.41) is 0. The largest absolute Gasteiger partial charge is 0.458 e. The molecule has 0 saturated heterocycles. The highest BCUT2D eigenvalue weighted by molar-refractivity contribution is 6.61. The molecule has 0 fully saturated rings. The topological polar surface area (TPSA) is 127 Å². The Hall–Kier alpha value is -4.56. The molecule has 0 spiro atoms. The van der Waals surface area contributed by atoms with Crippen LogP contribution in [0.15, 0.2) is 78.9 Å². The number of amides is 1. The lowest BCUT2D eigenvalue weighted by molar-refractivity contribution is -0.148. The van der Waals surface area contributed by atoms with Gasteiger partial charge in [0.05, 0.1) is 12.1 Å². The zero-order valence-electron chi connectivity index (χ0n) is 21.5. The van der Waals surface area contributed by atoms with Gasteiger partial charge in [-0.15, -0.1) is 0 Å². The number of aromatic nitrogens is 1. The van der Waals surface area contributed by atoms with E-state index < -0.39 is 23.4 Å². The van der Waals surface area contributed by atoms with E-state index in [4.69, 9.17) is 32.5 Å². The van der Waals surface area contributed by atoms with Crippen molar-refractivity contribution < 1.29 is 23.9 Å². The van der Waals surface area contributed by atoms with Gasteiger partial charge in [-0.3, -0.25) is 9.59 Å². The Bertz CT molecular complexity index is 1530. The molecule has 0 saturated carbocycles. The third kappa shape index (κ3) is 6.48. The summed E-state index contributed by atoms with van der Waals surface area (Å²) in [7, 11) is 0. The molecular formula is C30H28ClN3O5. The quantitative estimate of drug-likeness (QED) is 0.148. The van der Waals surface area contributed by atoms with Gasteiger partial charge in [0.15, 0.2) is 0 Å². The molecule has 9 heteroatoms. The molecule has 0 radical (unpaired) electrons. The number of ether oxygens (including phenoxy) is 2. The van der Waals surface area contributed by atoms with Gasteiger partial charge in [-0.25, -0.2) is 4.79 Å². The molecule has 1 heterocycles. The monoisotopic (exact) mass is 545 g/mol. The van der Waals surface area contributed by atoms with E-state index >= 15 is 0 Å². The Morgan fingerprint density at radius 3 is 2.36 bits per heavy atom. The Morgan fingerprint density at radius 2 is 1.69 bits per heavy atom. The summed E-state index contributed by atoms with van der Waals surface area (Å²) in [6, 6.07) is 23.5. The van der Waals surface area contributed by atoms with Crippen LogP contribution in [0.2, 0.25) is 0 Å². The minimum Gasteiger partial charge on any atom is -0.458 e. The van der Waals surface area contributed by atoms with Gasteiger partial charge >= 0.3 is 11.4 Å². The lowest BCUT2D eigenvalue weighted by Gasteiger charge is -2.18. The van der Waals surface area contributed by atoms with Crippen molar-refractivity contribution in [3.63, 3.8) is 0 Å². The van der Waals surface area contributed by atoms with Crippen LogP contribution in [0.1, 0.15) is 46.6 Å². The standard InChI is InChI=1S/C30H28ClN3O5/c1-18-17-21(29(33)36)9-14-25(18)34-23(12-15-26(34)20-7-10-22(32)11-8-20)13-16-28(35)38-19(2)24-5-3-4-6-27(24)39-30(31)37/h3-12,14-15,17,19H,13,16,32H2,1-2H3,(H2,33,36). The molecule has 4 aromatic rings. The van der Waals surface area contributed by atoms with E-state index in [9.17, 15) is 14.4 Å². The molecule has 0 aliphatic heterocycles. The maximum atomic E-state index is 12.9. The summed E-state index contributed by atoms with van der Waals surface area (Å²) in [5.74, 6) is -0.692. The van der Waals surface area contributed by atoms with Gasteiger partial charge < -0.3 is 25.5 Å². The highest BCUT2D eigenvalue weighted by Crippen LogP contribution is 2.31.